The quantitative estimate of drug-likeness (QED) is 0.601. The van der Waals surface area contributed by atoms with E-state index in [9.17, 15) is 18.0 Å². The lowest BCUT2D eigenvalue weighted by Crippen LogP contribution is -2.20. The van der Waals surface area contributed by atoms with Crippen LogP contribution in [-0.4, -0.2) is 30.6 Å². The Bertz CT molecular complexity index is 421. The number of hydrogen-bond acceptors (Lipinski definition) is 2. The van der Waals surface area contributed by atoms with Gasteiger partial charge in [0.05, 0.1) is 13.0 Å². The van der Waals surface area contributed by atoms with Crippen LogP contribution in [-0.2, 0) is 16.0 Å². The highest BCUT2D eigenvalue weighted by atomic mass is 79.9. The molecule has 0 saturated carbocycles. The Hall–Kier alpha value is -1.08. The Morgan fingerprint density at radius 2 is 1.90 bits per heavy atom. The van der Waals surface area contributed by atoms with Gasteiger partial charge in [-0.1, -0.05) is 28.1 Å². The van der Waals surface area contributed by atoms with Gasteiger partial charge in [-0.3, -0.25) is 4.79 Å². The molecule has 0 aliphatic carbocycles. The summed E-state index contributed by atoms with van der Waals surface area (Å²) in [5.74, 6) is -0.375. The van der Waals surface area contributed by atoms with E-state index in [1.54, 1.807) is 12.1 Å². The van der Waals surface area contributed by atoms with E-state index in [-0.39, 0.29) is 18.9 Å². The van der Waals surface area contributed by atoms with Gasteiger partial charge in [0.2, 0.25) is 5.91 Å². The van der Waals surface area contributed by atoms with Crippen LogP contribution in [0.3, 0.4) is 0 Å². The number of hydrogen-bond donors (Lipinski definition) is 1. The van der Waals surface area contributed by atoms with Gasteiger partial charge in [0.1, 0.15) is 6.61 Å². The standard InChI is InChI=1S/C13H15BrF3NO2/c14-7-5-10-1-3-11(4-2-10)18-12(19)6-8-20-9-13(15,16)17/h1-4H,5-9H2,(H,18,19). The van der Waals surface area contributed by atoms with Crippen molar-refractivity contribution in [1.82, 2.24) is 0 Å². The SMILES string of the molecule is O=C(CCOCC(F)(F)F)Nc1ccc(CCBr)cc1. The van der Waals surface area contributed by atoms with E-state index in [1.165, 1.54) is 0 Å². The molecule has 0 fully saturated rings. The van der Waals surface area contributed by atoms with Crippen LogP contribution >= 0.6 is 15.9 Å². The molecule has 1 aromatic rings. The van der Waals surface area contributed by atoms with E-state index < -0.39 is 12.8 Å². The van der Waals surface area contributed by atoms with Crippen molar-refractivity contribution < 1.29 is 22.7 Å². The molecule has 20 heavy (non-hydrogen) atoms. The van der Waals surface area contributed by atoms with Gasteiger partial charge in [0.25, 0.3) is 0 Å². The predicted octanol–water partition coefficient (Wildman–Crippen LogP) is 3.53. The maximum absolute atomic E-state index is 11.8. The molecule has 0 radical (unpaired) electrons. The molecule has 0 bridgehead atoms. The van der Waals surface area contributed by atoms with Crippen molar-refractivity contribution in [3.05, 3.63) is 29.8 Å². The van der Waals surface area contributed by atoms with Crippen LogP contribution in [0.25, 0.3) is 0 Å². The second-order valence-electron chi connectivity index (χ2n) is 4.10. The Labute approximate surface area is 123 Å². The topological polar surface area (TPSA) is 38.3 Å². The molecule has 0 saturated heterocycles. The molecule has 1 amide bonds. The summed E-state index contributed by atoms with van der Waals surface area (Å²) in [6.07, 6.45) is -3.58. The third-order valence-electron chi connectivity index (χ3n) is 2.36. The van der Waals surface area contributed by atoms with E-state index in [0.29, 0.717) is 5.69 Å². The predicted molar refractivity (Wildman–Crippen MR) is 74.1 cm³/mol. The number of carbonyl (C=O) groups is 1. The first kappa shape index (κ1) is 17.0. The van der Waals surface area contributed by atoms with Gasteiger partial charge in [-0.2, -0.15) is 13.2 Å². The molecule has 1 aromatic carbocycles. The van der Waals surface area contributed by atoms with Gasteiger partial charge in [-0.15, -0.1) is 0 Å². The van der Waals surface area contributed by atoms with Crippen LogP contribution in [0, 0.1) is 0 Å². The summed E-state index contributed by atoms with van der Waals surface area (Å²) in [5.41, 5.74) is 1.75. The number of alkyl halides is 4. The number of carbonyl (C=O) groups excluding carboxylic acids is 1. The van der Waals surface area contributed by atoms with E-state index in [0.717, 1.165) is 17.3 Å². The molecule has 1 rings (SSSR count). The number of benzene rings is 1. The Morgan fingerprint density at radius 1 is 1.25 bits per heavy atom. The molecule has 0 spiro atoms. The maximum atomic E-state index is 11.8. The van der Waals surface area contributed by atoms with Gasteiger partial charge >= 0.3 is 6.18 Å². The van der Waals surface area contributed by atoms with Crippen molar-refractivity contribution in [3.8, 4) is 0 Å². The van der Waals surface area contributed by atoms with Crippen LogP contribution in [0.2, 0.25) is 0 Å². The molecule has 7 heteroatoms. The first-order chi connectivity index (χ1) is 9.40. The van der Waals surface area contributed by atoms with Crippen LogP contribution in [0.1, 0.15) is 12.0 Å². The van der Waals surface area contributed by atoms with Crippen molar-refractivity contribution in [1.29, 1.82) is 0 Å². The zero-order chi connectivity index (χ0) is 15.0. The second kappa shape index (κ2) is 8.26. The average Bonchev–Trinajstić information content (AvgIpc) is 2.36. The van der Waals surface area contributed by atoms with Crippen LogP contribution in [0.4, 0.5) is 18.9 Å². The normalized spacial score (nSPS) is 11.4. The smallest absolute Gasteiger partial charge is 0.372 e. The van der Waals surface area contributed by atoms with E-state index >= 15 is 0 Å². The van der Waals surface area contributed by atoms with E-state index in [1.807, 2.05) is 12.1 Å². The summed E-state index contributed by atoms with van der Waals surface area (Å²) < 4.78 is 39.8. The third kappa shape index (κ3) is 7.49. The molecular formula is C13H15BrF3NO2. The number of rotatable bonds is 7. The highest BCUT2D eigenvalue weighted by molar-refractivity contribution is 9.09. The van der Waals surface area contributed by atoms with Gasteiger partial charge in [-0.05, 0) is 24.1 Å². The highest BCUT2D eigenvalue weighted by Crippen LogP contribution is 2.14. The van der Waals surface area contributed by atoms with Crippen LogP contribution < -0.4 is 5.32 Å². The summed E-state index contributed by atoms with van der Waals surface area (Å²) in [5, 5.41) is 3.45. The molecule has 0 aromatic heterocycles. The molecule has 3 nitrogen and oxygen atoms in total. The molecule has 0 heterocycles. The monoisotopic (exact) mass is 353 g/mol. The number of halogens is 4. The van der Waals surface area contributed by atoms with Crippen LogP contribution in [0.5, 0.6) is 0 Å². The molecule has 0 atom stereocenters. The second-order valence-corrected chi connectivity index (χ2v) is 4.89. The molecule has 0 unspecified atom stereocenters. The summed E-state index contributed by atoms with van der Waals surface area (Å²) in [6, 6.07) is 7.28. The minimum absolute atomic E-state index is 0.112. The minimum atomic E-state index is -4.36. The lowest BCUT2D eigenvalue weighted by Gasteiger charge is -2.08. The van der Waals surface area contributed by atoms with Crippen molar-refractivity contribution in [3.63, 3.8) is 0 Å². The highest BCUT2D eigenvalue weighted by Gasteiger charge is 2.27. The van der Waals surface area contributed by atoms with Crippen molar-refractivity contribution >= 4 is 27.5 Å². The number of amides is 1. The van der Waals surface area contributed by atoms with Crippen molar-refractivity contribution in [2.75, 3.05) is 23.9 Å². The number of nitrogens with one attached hydrogen (secondary N) is 1. The maximum Gasteiger partial charge on any atom is 0.411 e. The van der Waals surface area contributed by atoms with Crippen LogP contribution in [0.15, 0.2) is 24.3 Å². The fourth-order valence-corrected chi connectivity index (χ4v) is 1.90. The summed E-state index contributed by atoms with van der Waals surface area (Å²) >= 11 is 3.33. The lowest BCUT2D eigenvalue weighted by molar-refractivity contribution is -0.174. The first-order valence-electron chi connectivity index (χ1n) is 6.00. The fraction of sp³-hybridized carbons (Fsp3) is 0.462. The summed E-state index contributed by atoms with van der Waals surface area (Å²) in [7, 11) is 0. The van der Waals surface area contributed by atoms with Crippen molar-refractivity contribution in [2.24, 2.45) is 0 Å². The zero-order valence-corrected chi connectivity index (χ0v) is 12.3. The molecular weight excluding hydrogens is 339 g/mol. The average molecular weight is 354 g/mol. The third-order valence-corrected chi connectivity index (χ3v) is 2.76. The Kier molecular flexibility index (Phi) is 7.01. The van der Waals surface area contributed by atoms with Gasteiger partial charge in [-0.25, -0.2) is 0 Å². The summed E-state index contributed by atoms with van der Waals surface area (Å²) in [4.78, 5) is 11.5. The number of ether oxygens (including phenoxy) is 1. The molecule has 112 valence electrons. The Balaban J connectivity index is 2.28. The van der Waals surface area contributed by atoms with Gasteiger partial charge in [0, 0.05) is 11.0 Å². The van der Waals surface area contributed by atoms with Gasteiger partial charge in [0.15, 0.2) is 0 Å². The molecule has 1 N–H and O–H groups in total. The van der Waals surface area contributed by atoms with Crippen molar-refractivity contribution in [2.45, 2.75) is 19.0 Å². The lowest BCUT2D eigenvalue weighted by atomic mass is 10.1. The van der Waals surface area contributed by atoms with Gasteiger partial charge < -0.3 is 10.1 Å². The number of aryl methyl sites for hydroxylation is 1. The molecule has 0 aliphatic heterocycles. The first-order valence-corrected chi connectivity index (χ1v) is 7.12. The minimum Gasteiger partial charge on any atom is -0.372 e. The van der Waals surface area contributed by atoms with E-state index in [2.05, 4.69) is 26.0 Å². The molecule has 0 aliphatic rings. The number of anilines is 1. The fourth-order valence-electron chi connectivity index (χ4n) is 1.44. The zero-order valence-electron chi connectivity index (χ0n) is 10.7. The van der Waals surface area contributed by atoms with E-state index in [4.69, 9.17) is 0 Å². The largest absolute Gasteiger partial charge is 0.411 e. The Morgan fingerprint density at radius 3 is 2.45 bits per heavy atom. The summed E-state index contributed by atoms with van der Waals surface area (Å²) in [6.45, 7) is -1.59.